The van der Waals surface area contributed by atoms with Crippen LogP contribution in [-0.2, 0) is 0 Å². The maximum atomic E-state index is 14.8. The highest BCUT2D eigenvalue weighted by atomic mass is 19.2. The number of hydrogen-bond acceptors (Lipinski definition) is 6. The zero-order valence-corrected chi connectivity index (χ0v) is 17.2. The lowest BCUT2D eigenvalue weighted by molar-refractivity contribution is 0.500. The fraction of sp³-hybridized carbons (Fsp3) is 0.136. The first-order valence-electron chi connectivity index (χ1n) is 10.1. The number of H-pyrrole nitrogens is 1. The molecule has 0 aliphatic heterocycles. The van der Waals surface area contributed by atoms with Crippen LogP contribution in [0.2, 0.25) is 0 Å². The fourth-order valence-corrected chi connectivity index (χ4v) is 3.73. The van der Waals surface area contributed by atoms with Gasteiger partial charge in [-0.25, -0.2) is 33.1 Å². The van der Waals surface area contributed by atoms with E-state index in [0.717, 1.165) is 16.7 Å². The molecule has 33 heavy (non-hydrogen) atoms. The first kappa shape index (κ1) is 20.6. The van der Waals surface area contributed by atoms with Crippen LogP contribution in [0, 0.1) is 17.5 Å². The Bertz CT molecular complexity index is 1560. The number of aromatic amines is 1. The van der Waals surface area contributed by atoms with Gasteiger partial charge < -0.3 is 10.3 Å². The number of halogens is 3. The molecular weight excluding hydrogens is 435 g/mol. The normalized spacial score (nSPS) is 12.4. The van der Waals surface area contributed by atoms with Crippen LogP contribution in [0.25, 0.3) is 27.8 Å². The molecule has 0 spiro atoms. The van der Waals surface area contributed by atoms with Gasteiger partial charge in [-0.1, -0.05) is 19.1 Å². The predicted molar refractivity (Wildman–Crippen MR) is 116 cm³/mol. The third-order valence-corrected chi connectivity index (χ3v) is 5.30. The van der Waals surface area contributed by atoms with E-state index in [1.165, 1.54) is 36.9 Å². The van der Waals surface area contributed by atoms with E-state index in [2.05, 4.69) is 30.2 Å². The summed E-state index contributed by atoms with van der Waals surface area (Å²) in [6.07, 6.45) is 3.16. The Hall–Kier alpha value is -4.28. The van der Waals surface area contributed by atoms with Crippen molar-refractivity contribution < 1.29 is 13.2 Å². The van der Waals surface area contributed by atoms with Crippen molar-refractivity contribution in [2.75, 3.05) is 5.32 Å². The Labute approximate surface area is 184 Å². The summed E-state index contributed by atoms with van der Waals surface area (Å²) in [6.45, 7) is 1.82. The maximum Gasteiger partial charge on any atom is 0.269 e. The molecule has 2 aromatic carbocycles. The monoisotopic (exact) mass is 451 g/mol. The van der Waals surface area contributed by atoms with Crippen LogP contribution in [0.3, 0.4) is 0 Å². The standard InChI is InChI=1S/C22H16F3N7O/c1-2-13(30-20-18-19(27-9-26-18)28-10-29-20)21-31-14-7-3-5-11(23)16(14)22(33)32(21)15-8-4-6-12(24)17(15)25/h3-10,13H,2H2,1H3,(H2,26,27,28,29,30)/t13-/m0/s1. The lowest BCUT2D eigenvalue weighted by Crippen LogP contribution is -2.29. The number of hydrogen-bond donors (Lipinski definition) is 2. The molecule has 3 heterocycles. The number of rotatable bonds is 5. The predicted octanol–water partition coefficient (Wildman–Crippen LogP) is 4.03. The molecule has 166 valence electrons. The third-order valence-electron chi connectivity index (χ3n) is 5.30. The van der Waals surface area contributed by atoms with Gasteiger partial charge in [0, 0.05) is 0 Å². The van der Waals surface area contributed by atoms with E-state index in [4.69, 9.17) is 0 Å². The molecule has 0 saturated heterocycles. The Kier molecular flexibility index (Phi) is 5.00. The summed E-state index contributed by atoms with van der Waals surface area (Å²) < 4.78 is 44.3. The van der Waals surface area contributed by atoms with Crippen molar-refractivity contribution in [1.82, 2.24) is 29.5 Å². The quantitative estimate of drug-likeness (QED) is 0.418. The van der Waals surface area contributed by atoms with E-state index < -0.39 is 29.1 Å². The van der Waals surface area contributed by atoms with Gasteiger partial charge in [-0.2, -0.15) is 0 Å². The van der Waals surface area contributed by atoms with Gasteiger partial charge in [-0.3, -0.25) is 9.36 Å². The Balaban J connectivity index is 1.78. The fourth-order valence-electron chi connectivity index (χ4n) is 3.73. The molecule has 3 aromatic heterocycles. The second kappa shape index (κ2) is 8.01. The molecule has 0 saturated carbocycles. The topological polar surface area (TPSA) is 101 Å². The highest BCUT2D eigenvalue weighted by Gasteiger charge is 2.25. The number of imidazole rings is 1. The molecule has 0 bridgehead atoms. The molecule has 11 heteroatoms. The summed E-state index contributed by atoms with van der Waals surface area (Å²) >= 11 is 0. The van der Waals surface area contributed by atoms with Crippen LogP contribution in [0.15, 0.2) is 53.8 Å². The molecular formula is C22H16F3N7O. The van der Waals surface area contributed by atoms with Gasteiger partial charge in [-0.15, -0.1) is 0 Å². The molecule has 0 radical (unpaired) electrons. The van der Waals surface area contributed by atoms with Gasteiger partial charge in [0.25, 0.3) is 5.56 Å². The molecule has 8 nitrogen and oxygen atoms in total. The molecule has 5 aromatic rings. The Morgan fingerprint density at radius 1 is 1.06 bits per heavy atom. The highest BCUT2D eigenvalue weighted by molar-refractivity contribution is 5.82. The first-order chi connectivity index (χ1) is 16.0. The minimum Gasteiger partial charge on any atom is -0.358 e. The van der Waals surface area contributed by atoms with Crippen molar-refractivity contribution in [3.05, 3.63) is 82.7 Å². The zero-order valence-electron chi connectivity index (χ0n) is 17.2. The van der Waals surface area contributed by atoms with Crippen LogP contribution in [0.4, 0.5) is 19.0 Å². The minimum atomic E-state index is -1.24. The summed E-state index contributed by atoms with van der Waals surface area (Å²) in [5.41, 5.74) is -0.190. The number of aromatic nitrogens is 6. The number of benzene rings is 2. The van der Waals surface area contributed by atoms with Crippen LogP contribution in [0.5, 0.6) is 0 Å². The van der Waals surface area contributed by atoms with Gasteiger partial charge in [-0.05, 0) is 30.7 Å². The van der Waals surface area contributed by atoms with Crippen molar-refractivity contribution in [3.8, 4) is 5.69 Å². The largest absolute Gasteiger partial charge is 0.358 e. The summed E-state index contributed by atoms with van der Waals surface area (Å²) in [7, 11) is 0. The first-order valence-corrected chi connectivity index (χ1v) is 10.1. The third kappa shape index (κ3) is 3.37. The summed E-state index contributed by atoms with van der Waals surface area (Å²) in [5.74, 6) is -2.75. The van der Waals surface area contributed by atoms with Crippen molar-refractivity contribution in [1.29, 1.82) is 0 Å². The van der Waals surface area contributed by atoms with E-state index in [0.29, 0.717) is 23.4 Å². The number of nitrogens with zero attached hydrogens (tertiary/aromatic N) is 5. The van der Waals surface area contributed by atoms with Crippen molar-refractivity contribution in [2.45, 2.75) is 19.4 Å². The molecule has 1 atom stereocenters. The molecule has 0 aliphatic rings. The van der Waals surface area contributed by atoms with E-state index in [1.54, 1.807) is 0 Å². The summed E-state index contributed by atoms with van der Waals surface area (Å²) in [4.78, 5) is 33.2. The van der Waals surface area contributed by atoms with Crippen molar-refractivity contribution in [3.63, 3.8) is 0 Å². The average molecular weight is 451 g/mol. The molecule has 0 aliphatic carbocycles. The zero-order chi connectivity index (χ0) is 23.1. The molecule has 2 N–H and O–H groups in total. The number of fused-ring (bicyclic) bond motifs is 2. The van der Waals surface area contributed by atoms with Crippen LogP contribution in [0.1, 0.15) is 25.2 Å². The summed E-state index contributed by atoms with van der Waals surface area (Å²) in [5, 5.41) is 2.85. The molecule has 0 amide bonds. The van der Waals surface area contributed by atoms with Crippen LogP contribution in [-0.4, -0.2) is 29.5 Å². The highest BCUT2D eigenvalue weighted by Crippen LogP contribution is 2.27. The molecule has 0 unspecified atom stereocenters. The average Bonchev–Trinajstić information content (AvgIpc) is 3.29. The van der Waals surface area contributed by atoms with Crippen molar-refractivity contribution >= 4 is 27.9 Å². The second-order valence-corrected chi connectivity index (χ2v) is 7.25. The van der Waals surface area contributed by atoms with E-state index in [-0.39, 0.29) is 22.4 Å². The van der Waals surface area contributed by atoms with Gasteiger partial charge >= 0.3 is 0 Å². The number of nitrogens with one attached hydrogen (secondary N) is 2. The summed E-state index contributed by atoms with van der Waals surface area (Å²) in [6, 6.07) is 6.78. The van der Waals surface area contributed by atoms with Crippen LogP contribution >= 0.6 is 0 Å². The van der Waals surface area contributed by atoms with Gasteiger partial charge in [0.15, 0.2) is 23.1 Å². The van der Waals surface area contributed by atoms with E-state index in [9.17, 15) is 18.0 Å². The smallest absolute Gasteiger partial charge is 0.269 e. The SMILES string of the molecule is CC[C@H](Nc1ncnc2nc[nH]c12)c1nc2cccc(F)c2c(=O)n1-c1cccc(F)c1F. The van der Waals surface area contributed by atoms with Crippen molar-refractivity contribution in [2.24, 2.45) is 0 Å². The molecule has 5 rings (SSSR count). The molecule has 0 fully saturated rings. The van der Waals surface area contributed by atoms with E-state index in [1.807, 2.05) is 6.92 Å². The van der Waals surface area contributed by atoms with Crippen LogP contribution < -0.4 is 10.9 Å². The van der Waals surface area contributed by atoms with E-state index >= 15 is 0 Å². The lowest BCUT2D eigenvalue weighted by atomic mass is 10.1. The number of anilines is 1. The van der Waals surface area contributed by atoms with Gasteiger partial charge in [0.05, 0.1) is 23.6 Å². The second-order valence-electron chi connectivity index (χ2n) is 7.25. The Morgan fingerprint density at radius 2 is 1.85 bits per heavy atom. The van der Waals surface area contributed by atoms with Gasteiger partial charge in [0.1, 0.15) is 28.9 Å². The minimum absolute atomic E-state index is 0.0661. The Morgan fingerprint density at radius 3 is 2.67 bits per heavy atom. The lowest BCUT2D eigenvalue weighted by Gasteiger charge is -2.22. The maximum absolute atomic E-state index is 14.8. The van der Waals surface area contributed by atoms with Gasteiger partial charge in [0.2, 0.25) is 0 Å².